The number of benzene rings is 2. The first kappa shape index (κ1) is 21.2. The van der Waals surface area contributed by atoms with E-state index in [1.165, 1.54) is 12.1 Å². The highest BCUT2D eigenvalue weighted by Crippen LogP contribution is 2.45. The summed E-state index contributed by atoms with van der Waals surface area (Å²) in [6.07, 6.45) is 1.47. The van der Waals surface area contributed by atoms with Gasteiger partial charge in [-0.1, -0.05) is 13.8 Å². The van der Waals surface area contributed by atoms with E-state index in [-0.39, 0.29) is 24.8 Å². The van der Waals surface area contributed by atoms with Gasteiger partial charge in [-0.2, -0.15) is 10.4 Å². The lowest BCUT2D eigenvalue weighted by Gasteiger charge is -2.28. The minimum atomic E-state index is -0.978. The Balaban J connectivity index is 1.87. The number of H-pyrrole nitrogens is 1. The molecule has 7 nitrogen and oxygen atoms in total. The Bertz CT molecular complexity index is 1410. The molecule has 0 aliphatic carbocycles. The van der Waals surface area contributed by atoms with E-state index in [4.69, 9.17) is 4.74 Å². The van der Waals surface area contributed by atoms with E-state index in [0.29, 0.717) is 6.42 Å². The second-order valence-corrected chi connectivity index (χ2v) is 9.21. The second kappa shape index (κ2) is 7.71. The van der Waals surface area contributed by atoms with E-state index in [0.717, 1.165) is 38.8 Å². The molecular weight excluding hydrogens is 423 g/mol. The summed E-state index contributed by atoms with van der Waals surface area (Å²) in [7, 11) is 0. The predicted octanol–water partition coefficient (Wildman–Crippen LogP) is 4.79. The van der Waals surface area contributed by atoms with Gasteiger partial charge in [0.05, 0.1) is 29.9 Å². The largest absolute Gasteiger partial charge is 0.479 e. The molecule has 1 aliphatic heterocycles. The molecule has 0 amide bonds. The van der Waals surface area contributed by atoms with Crippen LogP contribution in [0.3, 0.4) is 0 Å². The topological polar surface area (TPSA) is 104 Å². The fourth-order valence-corrected chi connectivity index (χ4v) is 4.97. The number of aliphatic carboxylic acids is 1. The number of carboxylic acid groups (broad SMARTS) is 1. The Morgan fingerprint density at radius 2 is 2.12 bits per heavy atom. The maximum atomic E-state index is 13.8. The SMILES string of the molecule is CC(C)(CC#N)c1c([C@@H]2CO[C@@H](C(=O)O)C2)c2cc3[nH]ncc3cc2n1-c1ccc(F)cc1. The van der Waals surface area contributed by atoms with Crippen molar-refractivity contribution in [3.05, 3.63) is 59.7 Å². The van der Waals surface area contributed by atoms with E-state index in [2.05, 4.69) is 20.8 Å². The summed E-state index contributed by atoms with van der Waals surface area (Å²) in [4.78, 5) is 11.6. The fourth-order valence-electron chi connectivity index (χ4n) is 4.97. The van der Waals surface area contributed by atoms with Gasteiger partial charge in [-0.25, -0.2) is 9.18 Å². The van der Waals surface area contributed by atoms with E-state index < -0.39 is 17.5 Å². The summed E-state index contributed by atoms with van der Waals surface area (Å²) in [6.45, 7) is 4.29. The van der Waals surface area contributed by atoms with Crippen molar-refractivity contribution >= 4 is 27.8 Å². The summed E-state index contributed by atoms with van der Waals surface area (Å²) in [5, 5.41) is 28.1. The van der Waals surface area contributed by atoms with Crippen molar-refractivity contribution in [1.82, 2.24) is 14.8 Å². The van der Waals surface area contributed by atoms with Gasteiger partial charge < -0.3 is 14.4 Å². The molecule has 33 heavy (non-hydrogen) atoms. The van der Waals surface area contributed by atoms with Crippen LogP contribution in [0.5, 0.6) is 0 Å². The number of aromatic nitrogens is 3. The molecular formula is C25H23FN4O3. The van der Waals surface area contributed by atoms with Crippen LogP contribution < -0.4 is 0 Å². The third kappa shape index (κ3) is 3.45. The number of halogens is 1. The number of hydrogen-bond donors (Lipinski definition) is 2. The van der Waals surface area contributed by atoms with E-state index >= 15 is 0 Å². The molecule has 168 valence electrons. The van der Waals surface area contributed by atoms with Crippen LogP contribution in [0.2, 0.25) is 0 Å². The maximum absolute atomic E-state index is 13.8. The maximum Gasteiger partial charge on any atom is 0.332 e. The molecule has 1 saturated heterocycles. The molecule has 5 rings (SSSR count). The van der Waals surface area contributed by atoms with Crippen LogP contribution in [0.15, 0.2) is 42.6 Å². The Morgan fingerprint density at radius 1 is 1.36 bits per heavy atom. The van der Waals surface area contributed by atoms with Gasteiger partial charge in [-0.3, -0.25) is 5.10 Å². The van der Waals surface area contributed by atoms with Crippen LogP contribution in [-0.2, 0) is 14.9 Å². The Hall–Kier alpha value is -3.70. The molecule has 0 unspecified atom stereocenters. The quantitative estimate of drug-likeness (QED) is 0.459. The van der Waals surface area contributed by atoms with Gasteiger partial charge in [0.25, 0.3) is 0 Å². The number of ether oxygens (including phenoxy) is 1. The highest BCUT2D eigenvalue weighted by atomic mass is 19.1. The second-order valence-electron chi connectivity index (χ2n) is 9.21. The van der Waals surface area contributed by atoms with Gasteiger partial charge in [0, 0.05) is 39.9 Å². The van der Waals surface area contributed by atoms with Crippen LogP contribution in [-0.4, -0.2) is 38.6 Å². The Kier molecular flexibility index (Phi) is 4.94. The number of carbonyl (C=O) groups is 1. The molecule has 1 fully saturated rings. The number of hydrogen-bond acceptors (Lipinski definition) is 4. The van der Waals surface area contributed by atoms with Gasteiger partial charge >= 0.3 is 5.97 Å². The molecule has 3 heterocycles. The van der Waals surface area contributed by atoms with Crippen molar-refractivity contribution in [2.75, 3.05) is 6.61 Å². The third-order valence-corrected chi connectivity index (χ3v) is 6.49. The lowest BCUT2D eigenvalue weighted by Crippen LogP contribution is -2.24. The van der Waals surface area contributed by atoms with Crippen LogP contribution in [0.1, 0.15) is 43.9 Å². The van der Waals surface area contributed by atoms with Crippen LogP contribution in [0.25, 0.3) is 27.5 Å². The van der Waals surface area contributed by atoms with Crippen molar-refractivity contribution in [3.8, 4) is 11.8 Å². The van der Waals surface area contributed by atoms with Gasteiger partial charge in [0.15, 0.2) is 6.10 Å². The number of fused-ring (bicyclic) bond motifs is 2. The van der Waals surface area contributed by atoms with Crippen LogP contribution in [0, 0.1) is 17.1 Å². The first-order valence-electron chi connectivity index (χ1n) is 10.8. The molecule has 2 atom stereocenters. The molecule has 1 aliphatic rings. The van der Waals surface area contributed by atoms with Crippen molar-refractivity contribution in [2.45, 2.75) is 44.1 Å². The smallest absolute Gasteiger partial charge is 0.332 e. The third-order valence-electron chi connectivity index (χ3n) is 6.49. The molecule has 0 saturated carbocycles. The lowest BCUT2D eigenvalue weighted by molar-refractivity contribution is -0.147. The zero-order valence-corrected chi connectivity index (χ0v) is 18.3. The van der Waals surface area contributed by atoms with Gasteiger partial charge in [-0.05, 0) is 48.4 Å². The number of carboxylic acids is 1. The molecule has 8 heteroatoms. The minimum Gasteiger partial charge on any atom is -0.479 e. The molecule has 0 bridgehead atoms. The standard InChI is InChI=1S/C25H23FN4O3/c1-25(2,7-8-27)23-22(15-10-21(24(31)32)33-13-15)18-11-19-14(12-28-29-19)9-20(18)30(23)17-5-3-16(26)4-6-17/h3-6,9,11-12,15,21H,7,10,13H2,1-2H3,(H,28,29)(H,31,32)/t15-,21+/m0/s1. The summed E-state index contributed by atoms with van der Waals surface area (Å²) < 4.78 is 21.5. The monoisotopic (exact) mass is 446 g/mol. The number of nitrogens with one attached hydrogen (secondary N) is 1. The van der Waals surface area contributed by atoms with E-state index in [9.17, 15) is 19.6 Å². The molecule has 0 spiro atoms. The lowest BCUT2D eigenvalue weighted by atomic mass is 9.79. The average molecular weight is 446 g/mol. The Labute approximate surface area is 189 Å². The van der Waals surface area contributed by atoms with Gasteiger partial charge in [0.2, 0.25) is 0 Å². The fraction of sp³-hybridized carbons (Fsp3) is 0.320. The average Bonchev–Trinajstić information content (AvgIpc) is 3.49. The van der Waals surface area contributed by atoms with Gasteiger partial charge in [-0.15, -0.1) is 0 Å². The molecule has 2 aromatic carbocycles. The van der Waals surface area contributed by atoms with Crippen molar-refractivity contribution in [3.63, 3.8) is 0 Å². The summed E-state index contributed by atoms with van der Waals surface area (Å²) in [5.74, 6) is -1.48. The summed E-state index contributed by atoms with van der Waals surface area (Å²) in [5.41, 5.74) is 3.83. The number of nitrogens with zero attached hydrogens (tertiary/aromatic N) is 3. The minimum absolute atomic E-state index is 0.163. The normalized spacial score (nSPS) is 18.7. The van der Waals surface area contributed by atoms with E-state index in [1.54, 1.807) is 18.3 Å². The zero-order valence-electron chi connectivity index (χ0n) is 18.3. The molecule has 4 aromatic rings. The molecule has 2 N–H and O–H groups in total. The van der Waals surface area contributed by atoms with Crippen molar-refractivity contribution in [2.24, 2.45) is 0 Å². The highest BCUT2D eigenvalue weighted by molar-refractivity contribution is 5.99. The highest BCUT2D eigenvalue weighted by Gasteiger charge is 2.39. The van der Waals surface area contributed by atoms with Crippen LogP contribution >= 0.6 is 0 Å². The van der Waals surface area contributed by atoms with Crippen LogP contribution in [0.4, 0.5) is 4.39 Å². The number of aromatic amines is 1. The Morgan fingerprint density at radius 3 is 2.79 bits per heavy atom. The van der Waals surface area contributed by atoms with Gasteiger partial charge in [0.1, 0.15) is 5.82 Å². The molecule has 2 aromatic heterocycles. The van der Waals surface area contributed by atoms with E-state index in [1.807, 2.05) is 26.0 Å². The summed E-state index contributed by atoms with van der Waals surface area (Å²) >= 11 is 0. The molecule has 0 radical (unpaired) electrons. The first-order chi connectivity index (χ1) is 15.8. The number of rotatable bonds is 5. The summed E-state index contributed by atoms with van der Waals surface area (Å²) in [6, 6.07) is 12.6. The van der Waals surface area contributed by atoms with Crippen molar-refractivity contribution in [1.29, 1.82) is 5.26 Å². The zero-order chi connectivity index (χ0) is 23.3. The van der Waals surface area contributed by atoms with Crippen molar-refractivity contribution < 1.29 is 19.0 Å². The number of nitriles is 1. The predicted molar refractivity (Wildman–Crippen MR) is 121 cm³/mol. The first-order valence-corrected chi connectivity index (χ1v) is 10.8.